The van der Waals surface area contributed by atoms with Crippen LogP contribution in [0.15, 0.2) is 35.7 Å². The molecule has 1 atom stereocenters. The standard InChI is InChI=1S/C17H18N2O4S/c20-16(21)14-11-24-15(18-14)13-7-4-8-19(9-13)17(22)23-10-12-5-2-1-3-6-12/h1-3,5-6,11,13H,4,7-10H2,(H,20,21). The van der Waals surface area contributed by atoms with Gasteiger partial charge in [-0.3, -0.25) is 0 Å². The number of ether oxygens (including phenoxy) is 1. The monoisotopic (exact) mass is 346 g/mol. The molecule has 126 valence electrons. The van der Waals surface area contributed by atoms with E-state index in [1.807, 2.05) is 30.3 Å². The van der Waals surface area contributed by atoms with Crippen LogP contribution in [0.1, 0.15) is 39.8 Å². The Morgan fingerprint density at radius 2 is 2.12 bits per heavy atom. The molecule has 0 spiro atoms. The summed E-state index contributed by atoms with van der Waals surface area (Å²) in [6.45, 7) is 1.42. The van der Waals surface area contributed by atoms with E-state index in [1.54, 1.807) is 10.3 Å². The molecule has 6 nitrogen and oxygen atoms in total. The number of aromatic nitrogens is 1. The van der Waals surface area contributed by atoms with Crippen molar-refractivity contribution in [2.75, 3.05) is 13.1 Å². The molecule has 1 aliphatic rings. The van der Waals surface area contributed by atoms with E-state index in [4.69, 9.17) is 9.84 Å². The molecule has 1 amide bonds. The summed E-state index contributed by atoms with van der Waals surface area (Å²) in [6, 6.07) is 9.55. The fourth-order valence-corrected chi connectivity index (χ4v) is 3.65. The topological polar surface area (TPSA) is 79.7 Å². The van der Waals surface area contributed by atoms with Crippen molar-refractivity contribution in [1.29, 1.82) is 0 Å². The van der Waals surface area contributed by atoms with Crippen molar-refractivity contribution in [3.63, 3.8) is 0 Å². The number of likely N-dealkylation sites (tertiary alicyclic amines) is 1. The number of aromatic carboxylic acids is 1. The highest BCUT2D eigenvalue weighted by atomic mass is 32.1. The Morgan fingerprint density at radius 1 is 1.33 bits per heavy atom. The van der Waals surface area contributed by atoms with Crippen LogP contribution in [-0.2, 0) is 11.3 Å². The van der Waals surface area contributed by atoms with Gasteiger partial charge in [0.15, 0.2) is 5.69 Å². The minimum Gasteiger partial charge on any atom is -0.476 e. The van der Waals surface area contributed by atoms with Gasteiger partial charge in [0.1, 0.15) is 6.61 Å². The Hall–Kier alpha value is -2.41. The summed E-state index contributed by atoms with van der Waals surface area (Å²) in [5.41, 5.74) is 1.02. The lowest BCUT2D eigenvalue weighted by atomic mass is 9.99. The van der Waals surface area contributed by atoms with E-state index >= 15 is 0 Å². The highest BCUT2D eigenvalue weighted by Crippen LogP contribution is 2.29. The minimum atomic E-state index is -1.02. The lowest BCUT2D eigenvalue weighted by Crippen LogP contribution is -2.39. The number of nitrogens with zero attached hydrogens (tertiary/aromatic N) is 2. The van der Waals surface area contributed by atoms with Crippen molar-refractivity contribution >= 4 is 23.4 Å². The van der Waals surface area contributed by atoms with Gasteiger partial charge in [0.2, 0.25) is 0 Å². The highest BCUT2D eigenvalue weighted by molar-refractivity contribution is 7.09. The molecular weight excluding hydrogens is 328 g/mol. The van der Waals surface area contributed by atoms with Gasteiger partial charge in [-0.25, -0.2) is 14.6 Å². The zero-order valence-corrected chi connectivity index (χ0v) is 13.9. The van der Waals surface area contributed by atoms with Crippen LogP contribution >= 0.6 is 11.3 Å². The molecule has 1 aromatic carbocycles. The van der Waals surface area contributed by atoms with E-state index in [1.165, 1.54) is 11.3 Å². The Morgan fingerprint density at radius 3 is 2.83 bits per heavy atom. The second-order valence-electron chi connectivity index (χ2n) is 5.70. The molecule has 1 saturated heterocycles. The normalized spacial score (nSPS) is 17.5. The first-order chi connectivity index (χ1) is 11.6. The first kappa shape index (κ1) is 16.4. The quantitative estimate of drug-likeness (QED) is 0.918. The van der Waals surface area contributed by atoms with Crippen LogP contribution in [0.3, 0.4) is 0 Å². The van der Waals surface area contributed by atoms with Crippen molar-refractivity contribution in [2.45, 2.75) is 25.4 Å². The van der Waals surface area contributed by atoms with Crippen molar-refractivity contribution in [3.05, 3.63) is 52.0 Å². The number of benzene rings is 1. The summed E-state index contributed by atoms with van der Waals surface area (Å²) in [5, 5.41) is 11.3. The van der Waals surface area contributed by atoms with Crippen LogP contribution in [0.2, 0.25) is 0 Å². The molecule has 0 aliphatic carbocycles. The molecule has 24 heavy (non-hydrogen) atoms. The Balaban J connectivity index is 1.58. The van der Waals surface area contributed by atoms with Gasteiger partial charge in [-0.15, -0.1) is 11.3 Å². The molecule has 2 heterocycles. The number of carbonyl (C=O) groups is 2. The number of thiazole rings is 1. The average molecular weight is 346 g/mol. The van der Waals surface area contributed by atoms with Gasteiger partial charge in [0, 0.05) is 24.4 Å². The summed E-state index contributed by atoms with van der Waals surface area (Å²) in [6.07, 6.45) is 1.42. The van der Waals surface area contributed by atoms with Crippen LogP contribution in [0.4, 0.5) is 4.79 Å². The van der Waals surface area contributed by atoms with Gasteiger partial charge in [0.05, 0.1) is 5.01 Å². The number of rotatable bonds is 4. The van der Waals surface area contributed by atoms with E-state index in [-0.39, 0.29) is 24.3 Å². The number of hydrogen-bond donors (Lipinski definition) is 1. The van der Waals surface area contributed by atoms with Gasteiger partial charge < -0.3 is 14.7 Å². The zero-order valence-electron chi connectivity index (χ0n) is 13.1. The molecule has 2 aromatic rings. The van der Waals surface area contributed by atoms with E-state index in [0.29, 0.717) is 13.1 Å². The summed E-state index contributed by atoms with van der Waals surface area (Å²) >= 11 is 1.34. The number of hydrogen-bond acceptors (Lipinski definition) is 5. The van der Waals surface area contributed by atoms with Gasteiger partial charge in [-0.05, 0) is 18.4 Å². The molecule has 0 bridgehead atoms. The lowest BCUT2D eigenvalue weighted by Gasteiger charge is -2.31. The van der Waals surface area contributed by atoms with Crippen LogP contribution in [-0.4, -0.2) is 40.1 Å². The van der Waals surface area contributed by atoms with Crippen LogP contribution in [0, 0.1) is 0 Å². The summed E-state index contributed by atoms with van der Waals surface area (Å²) in [5.74, 6) is -0.950. The second-order valence-corrected chi connectivity index (χ2v) is 6.59. The molecular formula is C17H18N2O4S. The molecule has 3 rings (SSSR count). The Kier molecular flexibility index (Phi) is 5.10. The summed E-state index contributed by atoms with van der Waals surface area (Å²) in [4.78, 5) is 29.0. The van der Waals surface area contributed by atoms with Crippen molar-refractivity contribution in [3.8, 4) is 0 Å². The summed E-state index contributed by atoms with van der Waals surface area (Å²) < 4.78 is 5.37. The predicted octanol–water partition coefficient (Wildman–Crippen LogP) is 3.36. The largest absolute Gasteiger partial charge is 0.476 e. The van der Waals surface area contributed by atoms with Crippen LogP contribution < -0.4 is 0 Å². The van der Waals surface area contributed by atoms with Crippen molar-refractivity contribution in [1.82, 2.24) is 9.88 Å². The highest BCUT2D eigenvalue weighted by Gasteiger charge is 2.28. The maximum absolute atomic E-state index is 12.3. The van der Waals surface area contributed by atoms with Gasteiger partial charge in [0.25, 0.3) is 0 Å². The fraction of sp³-hybridized carbons (Fsp3) is 0.353. The maximum Gasteiger partial charge on any atom is 0.410 e. The minimum absolute atomic E-state index is 0.0683. The maximum atomic E-state index is 12.3. The fourth-order valence-electron chi connectivity index (χ4n) is 2.73. The van der Waals surface area contributed by atoms with Gasteiger partial charge in [-0.1, -0.05) is 30.3 Å². The Labute approximate surface area is 143 Å². The van der Waals surface area contributed by atoms with Crippen molar-refractivity contribution in [2.24, 2.45) is 0 Å². The molecule has 0 saturated carbocycles. The number of carboxylic acids is 1. The number of carboxylic acid groups (broad SMARTS) is 1. The SMILES string of the molecule is O=C(O)c1csc(C2CCCN(C(=O)OCc3ccccc3)C2)n1. The molecule has 0 radical (unpaired) electrons. The third kappa shape index (κ3) is 3.91. The number of carbonyl (C=O) groups excluding carboxylic acids is 1. The van der Waals surface area contributed by atoms with Crippen LogP contribution in [0.25, 0.3) is 0 Å². The zero-order chi connectivity index (χ0) is 16.9. The molecule has 7 heteroatoms. The van der Waals surface area contributed by atoms with E-state index in [0.717, 1.165) is 23.4 Å². The molecule has 1 aliphatic heterocycles. The molecule has 1 fully saturated rings. The number of piperidine rings is 1. The van der Waals surface area contributed by atoms with E-state index in [2.05, 4.69) is 4.98 Å². The molecule has 1 N–H and O–H groups in total. The third-order valence-electron chi connectivity index (χ3n) is 3.98. The number of amides is 1. The van der Waals surface area contributed by atoms with Crippen molar-refractivity contribution < 1.29 is 19.4 Å². The summed E-state index contributed by atoms with van der Waals surface area (Å²) in [7, 11) is 0. The van der Waals surface area contributed by atoms with E-state index < -0.39 is 5.97 Å². The average Bonchev–Trinajstić information content (AvgIpc) is 3.11. The van der Waals surface area contributed by atoms with Gasteiger partial charge >= 0.3 is 12.1 Å². The lowest BCUT2D eigenvalue weighted by molar-refractivity contribution is 0.0689. The molecule has 1 aromatic heterocycles. The van der Waals surface area contributed by atoms with E-state index in [9.17, 15) is 9.59 Å². The third-order valence-corrected chi connectivity index (χ3v) is 4.98. The van der Waals surface area contributed by atoms with Crippen LogP contribution in [0.5, 0.6) is 0 Å². The first-order valence-corrected chi connectivity index (χ1v) is 8.66. The molecule has 1 unspecified atom stereocenters. The smallest absolute Gasteiger partial charge is 0.410 e. The first-order valence-electron chi connectivity index (χ1n) is 7.78. The Bertz CT molecular complexity index is 716. The predicted molar refractivity (Wildman–Crippen MR) is 89.2 cm³/mol. The van der Waals surface area contributed by atoms with Gasteiger partial charge in [-0.2, -0.15) is 0 Å². The second kappa shape index (κ2) is 7.44.